The second-order valence-corrected chi connectivity index (χ2v) is 5.02. The van der Waals surface area contributed by atoms with E-state index in [1.54, 1.807) is 12.7 Å². The summed E-state index contributed by atoms with van der Waals surface area (Å²) in [5.74, 6) is -0.185. The average Bonchev–Trinajstić information content (AvgIpc) is 3.11. The van der Waals surface area contributed by atoms with Crippen LogP contribution < -0.4 is 10.2 Å². The largest absolute Gasteiger partial charge is 0.370 e. The molecule has 1 aromatic carbocycles. The molecule has 2 aromatic rings. The van der Waals surface area contributed by atoms with Crippen LogP contribution in [0.15, 0.2) is 36.9 Å². The van der Waals surface area contributed by atoms with Crippen molar-refractivity contribution in [3.63, 3.8) is 0 Å². The Hall–Kier alpha value is -1.95. The molecule has 6 heteroatoms. The monoisotopic (exact) mass is 275 g/mol. The van der Waals surface area contributed by atoms with Crippen LogP contribution in [0.2, 0.25) is 0 Å². The van der Waals surface area contributed by atoms with Crippen molar-refractivity contribution >= 4 is 5.69 Å². The van der Waals surface area contributed by atoms with Gasteiger partial charge in [-0.05, 0) is 30.7 Å². The molecule has 2 heterocycles. The van der Waals surface area contributed by atoms with Gasteiger partial charge in [0.15, 0.2) is 0 Å². The molecule has 1 unspecified atom stereocenters. The molecule has 0 radical (unpaired) electrons. The smallest absolute Gasteiger partial charge is 0.137 e. The van der Waals surface area contributed by atoms with E-state index in [2.05, 4.69) is 20.3 Å². The minimum absolute atomic E-state index is 0.185. The van der Waals surface area contributed by atoms with Crippen molar-refractivity contribution < 1.29 is 4.39 Å². The van der Waals surface area contributed by atoms with Gasteiger partial charge in [-0.15, -0.1) is 0 Å². The summed E-state index contributed by atoms with van der Waals surface area (Å²) in [6, 6.07) is 7.19. The molecule has 0 amide bonds. The standard InChI is InChI=1S/C14H18FN5/c15-12-1-3-14(4-2-12)19-7-5-13(9-19)17-6-8-20-11-16-10-18-20/h1-4,10-11,13,17H,5-9H2. The third kappa shape index (κ3) is 3.14. The summed E-state index contributed by atoms with van der Waals surface area (Å²) in [7, 11) is 0. The lowest BCUT2D eigenvalue weighted by atomic mass is 10.2. The summed E-state index contributed by atoms with van der Waals surface area (Å²) in [5, 5.41) is 7.60. The number of anilines is 1. The molecule has 1 fully saturated rings. The van der Waals surface area contributed by atoms with E-state index in [-0.39, 0.29) is 5.82 Å². The molecule has 5 nitrogen and oxygen atoms in total. The number of rotatable bonds is 5. The molecule has 0 spiro atoms. The minimum Gasteiger partial charge on any atom is -0.370 e. The van der Waals surface area contributed by atoms with Gasteiger partial charge in [-0.2, -0.15) is 5.10 Å². The molecule has 1 aliphatic rings. The number of hydrogen-bond acceptors (Lipinski definition) is 4. The Labute approximate surface area is 117 Å². The van der Waals surface area contributed by atoms with Crippen molar-refractivity contribution in [1.82, 2.24) is 20.1 Å². The van der Waals surface area contributed by atoms with Crippen molar-refractivity contribution in [2.75, 3.05) is 24.5 Å². The van der Waals surface area contributed by atoms with E-state index < -0.39 is 0 Å². The fourth-order valence-electron chi connectivity index (χ4n) is 2.54. The van der Waals surface area contributed by atoms with Crippen molar-refractivity contribution in [3.8, 4) is 0 Å². The maximum absolute atomic E-state index is 12.9. The van der Waals surface area contributed by atoms with Crippen LogP contribution in [-0.2, 0) is 6.54 Å². The highest BCUT2D eigenvalue weighted by atomic mass is 19.1. The second kappa shape index (κ2) is 6.00. The van der Waals surface area contributed by atoms with Crippen molar-refractivity contribution in [2.45, 2.75) is 19.0 Å². The van der Waals surface area contributed by atoms with Crippen LogP contribution >= 0.6 is 0 Å². The summed E-state index contributed by atoms with van der Waals surface area (Å²) in [4.78, 5) is 6.20. The summed E-state index contributed by atoms with van der Waals surface area (Å²) in [6.45, 7) is 3.67. The van der Waals surface area contributed by atoms with Crippen LogP contribution in [0.5, 0.6) is 0 Å². The Morgan fingerprint density at radius 2 is 2.15 bits per heavy atom. The van der Waals surface area contributed by atoms with Crippen molar-refractivity contribution in [1.29, 1.82) is 0 Å². The molecule has 0 aliphatic carbocycles. The van der Waals surface area contributed by atoms with Gasteiger partial charge in [0.25, 0.3) is 0 Å². The molecule has 106 valence electrons. The zero-order valence-corrected chi connectivity index (χ0v) is 11.2. The molecule has 1 aromatic heterocycles. The number of nitrogens with one attached hydrogen (secondary N) is 1. The second-order valence-electron chi connectivity index (χ2n) is 5.02. The third-order valence-corrected chi connectivity index (χ3v) is 3.62. The van der Waals surface area contributed by atoms with Gasteiger partial charge < -0.3 is 10.2 Å². The quantitative estimate of drug-likeness (QED) is 0.893. The van der Waals surface area contributed by atoms with Gasteiger partial charge in [0.1, 0.15) is 18.5 Å². The normalized spacial score (nSPS) is 18.6. The van der Waals surface area contributed by atoms with Gasteiger partial charge in [-0.3, -0.25) is 4.68 Å². The van der Waals surface area contributed by atoms with Gasteiger partial charge in [0, 0.05) is 31.4 Å². The predicted molar refractivity (Wildman–Crippen MR) is 75.0 cm³/mol. The van der Waals surface area contributed by atoms with Crippen LogP contribution in [0.25, 0.3) is 0 Å². The summed E-state index contributed by atoms with van der Waals surface area (Å²) < 4.78 is 14.7. The van der Waals surface area contributed by atoms with Crippen LogP contribution in [0, 0.1) is 5.82 Å². The summed E-state index contributed by atoms with van der Waals surface area (Å²) >= 11 is 0. The van der Waals surface area contributed by atoms with Gasteiger partial charge >= 0.3 is 0 Å². The molecule has 20 heavy (non-hydrogen) atoms. The van der Waals surface area contributed by atoms with E-state index in [0.717, 1.165) is 38.3 Å². The first-order chi connectivity index (χ1) is 9.81. The van der Waals surface area contributed by atoms with Gasteiger partial charge in [-0.1, -0.05) is 0 Å². The topological polar surface area (TPSA) is 46.0 Å². The van der Waals surface area contributed by atoms with E-state index in [0.29, 0.717) is 6.04 Å². The Morgan fingerprint density at radius 1 is 1.30 bits per heavy atom. The lowest BCUT2D eigenvalue weighted by Gasteiger charge is -2.19. The Kier molecular flexibility index (Phi) is 3.92. The van der Waals surface area contributed by atoms with E-state index >= 15 is 0 Å². The molecule has 3 rings (SSSR count). The van der Waals surface area contributed by atoms with Crippen molar-refractivity contribution in [2.24, 2.45) is 0 Å². The Morgan fingerprint density at radius 3 is 2.90 bits per heavy atom. The van der Waals surface area contributed by atoms with E-state index in [1.165, 1.54) is 12.1 Å². The summed E-state index contributed by atoms with van der Waals surface area (Å²) in [6.07, 6.45) is 4.38. The van der Waals surface area contributed by atoms with Gasteiger partial charge in [0.2, 0.25) is 0 Å². The number of halogens is 1. The highest BCUT2D eigenvalue weighted by molar-refractivity contribution is 5.47. The number of hydrogen-bond donors (Lipinski definition) is 1. The van der Waals surface area contributed by atoms with Crippen LogP contribution in [0.4, 0.5) is 10.1 Å². The molecule has 1 saturated heterocycles. The molecule has 1 N–H and O–H groups in total. The first kappa shape index (κ1) is 13.1. The zero-order valence-electron chi connectivity index (χ0n) is 11.2. The molecule has 0 bridgehead atoms. The van der Waals surface area contributed by atoms with E-state index in [4.69, 9.17) is 0 Å². The van der Waals surface area contributed by atoms with Gasteiger partial charge in [0.05, 0.1) is 6.54 Å². The maximum atomic E-state index is 12.9. The Balaban J connectivity index is 1.46. The predicted octanol–water partition coefficient (Wildman–Crippen LogP) is 1.29. The average molecular weight is 275 g/mol. The number of nitrogens with zero attached hydrogens (tertiary/aromatic N) is 4. The SMILES string of the molecule is Fc1ccc(N2CCC(NCCn3cncn3)C2)cc1. The van der Waals surface area contributed by atoms with Crippen LogP contribution in [-0.4, -0.2) is 40.4 Å². The van der Waals surface area contributed by atoms with E-state index in [1.807, 2.05) is 16.8 Å². The summed E-state index contributed by atoms with van der Waals surface area (Å²) in [5.41, 5.74) is 1.09. The highest BCUT2D eigenvalue weighted by Gasteiger charge is 2.21. The minimum atomic E-state index is -0.185. The first-order valence-electron chi connectivity index (χ1n) is 6.87. The molecular weight excluding hydrogens is 257 g/mol. The lowest BCUT2D eigenvalue weighted by molar-refractivity contribution is 0.496. The first-order valence-corrected chi connectivity index (χ1v) is 6.87. The van der Waals surface area contributed by atoms with Crippen LogP contribution in [0.3, 0.4) is 0 Å². The number of benzene rings is 1. The highest BCUT2D eigenvalue weighted by Crippen LogP contribution is 2.20. The molecular formula is C14H18FN5. The fourth-order valence-corrected chi connectivity index (χ4v) is 2.54. The number of aromatic nitrogens is 3. The lowest BCUT2D eigenvalue weighted by Crippen LogP contribution is -2.34. The van der Waals surface area contributed by atoms with Crippen LogP contribution in [0.1, 0.15) is 6.42 Å². The Bertz CT molecular complexity index is 525. The molecule has 1 atom stereocenters. The molecule has 1 aliphatic heterocycles. The maximum Gasteiger partial charge on any atom is 0.137 e. The molecule has 0 saturated carbocycles. The zero-order chi connectivity index (χ0) is 13.8. The third-order valence-electron chi connectivity index (χ3n) is 3.62. The van der Waals surface area contributed by atoms with Gasteiger partial charge in [-0.25, -0.2) is 9.37 Å². The fraction of sp³-hybridized carbons (Fsp3) is 0.429. The van der Waals surface area contributed by atoms with E-state index in [9.17, 15) is 4.39 Å². The van der Waals surface area contributed by atoms with Crippen molar-refractivity contribution in [3.05, 3.63) is 42.7 Å².